The Morgan fingerprint density at radius 1 is 1.06 bits per heavy atom. The molecule has 1 aliphatic rings. The van der Waals surface area contributed by atoms with Gasteiger partial charge in [-0.1, -0.05) is 30.2 Å². The molecule has 1 amide bonds. The number of sulfonamides is 1. The summed E-state index contributed by atoms with van der Waals surface area (Å²) in [6.07, 6.45) is 1.37. The average molecular weight is 497 g/mol. The summed E-state index contributed by atoms with van der Waals surface area (Å²) in [5.41, 5.74) is 0.544. The fourth-order valence-corrected chi connectivity index (χ4v) is 5.26. The van der Waals surface area contributed by atoms with E-state index in [2.05, 4.69) is 5.32 Å². The van der Waals surface area contributed by atoms with Gasteiger partial charge in [-0.25, -0.2) is 17.6 Å². The lowest BCUT2D eigenvalue weighted by Gasteiger charge is -2.26. The number of hydrogen-bond donors (Lipinski definition) is 1. The number of nitrogens with one attached hydrogen (secondary N) is 1. The highest BCUT2D eigenvalue weighted by Gasteiger charge is 2.28. The average Bonchev–Trinajstić information content (AvgIpc) is 2.80. The number of esters is 1. The second-order valence-electron chi connectivity index (χ2n) is 7.94. The SMILES string of the molecule is CC(OC(=O)c1cc(S(=O)(=O)N2CCCCC2)ccc1Cl)C(=O)NC(C)c1ccc(F)cc1. The molecular weight excluding hydrogens is 471 g/mol. The summed E-state index contributed by atoms with van der Waals surface area (Å²) in [6, 6.07) is 9.08. The number of carbonyl (C=O) groups excluding carboxylic acids is 2. The highest BCUT2D eigenvalue weighted by atomic mass is 35.5. The number of piperidine rings is 1. The van der Waals surface area contributed by atoms with Crippen molar-refractivity contribution in [2.24, 2.45) is 0 Å². The predicted molar refractivity (Wildman–Crippen MR) is 122 cm³/mol. The molecule has 0 bridgehead atoms. The minimum absolute atomic E-state index is 0.0184. The summed E-state index contributed by atoms with van der Waals surface area (Å²) in [5, 5.41) is 2.71. The van der Waals surface area contributed by atoms with Crippen LogP contribution in [0.5, 0.6) is 0 Å². The van der Waals surface area contributed by atoms with Crippen LogP contribution in [-0.2, 0) is 19.6 Å². The number of ether oxygens (including phenoxy) is 1. The Bertz CT molecular complexity index is 1120. The molecule has 178 valence electrons. The Morgan fingerprint density at radius 2 is 1.70 bits per heavy atom. The van der Waals surface area contributed by atoms with E-state index in [4.69, 9.17) is 16.3 Å². The van der Waals surface area contributed by atoms with E-state index in [0.29, 0.717) is 18.7 Å². The lowest BCUT2D eigenvalue weighted by atomic mass is 10.1. The maximum absolute atomic E-state index is 13.1. The molecule has 0 aliphatic carbocycles. The van der Waals surface area contributed by atoms with Crippen LogP contribution in [-0.4, -0.2) is 43.8 Å². The first-order chi connectivity index (χ1) is 15.6. The third kappa shape index (κ3) is 6.10. The fourth-order valence-electron chi connectivity index (χ4n) is 3.52. The highest BCUT2D eigenvalue weighted by molar-refractivity contribution is 7.89. The van der Waals surface area contributed by atoms with Crippen LogP contribution in [0.2, 0.25) is 5.02 Å². The highest BCUT2D eigenvalue weighted by Crippen LogP contribution is 2.26. The summed E-state index contributed by atoms with van der Waals surface area (Å²) >= 11 is 6.13. The number of halogens is 2. The predicted octanol–water partition coefficient (Wildman–Crippen LogP) is 4.08. The van der Waals surface area contributed by atoms with Gasteiger partial charge in [0.15, 0.2) is 6.10 Å². The molecule has 33 heavy (non-hydrogen) atoms. The second-order valence-corrected chi connectivity index (χ2v) is 10.3. The lowest BCUT2D eigenvalue weighted by Crippen LogP contribution is -2.37. The topological polar surface area (TPSA) is 92.8 Å². The molecule has 1 heterocycles. The van der Waals surface area contributed by atoms with Gasteiger partial charge in [0.2, 0.25) is 10.0 Å². The molecule has 2 unspecified atom stereocenters. The molecule has 2 atom stereocenters. The molecule has 1 aliphatic heterocycles. The Morgan fingerprint density at radius 3 is 2.33 bits per heavy atom. The number of rotatable bonds is 7. The van der Waals surface area contributed by atoms with Gasteiger partial charge in [0, 0.05) is 13.1 Å². The molecule has 10 heteroatoms. The quantitative estimate of drug-likeness (QED) is 0.583. The van der Waals surface area contributed by atoms with Crippen molar-refractivity contribution in [3.63, 3.8) is 0 Å². The summed E-state index contributed by atoms with van der Waals surface area (Å²) in [7, 11) is -3.77. The van der Waals surface area contributed by atoms with E-state index < -0.39 is 34.0 Å². The van der Waals surface area contributed by atoms with Gasteiger partial charge >= 0.3 is 5.97 Å². The number of hydrogen-bond acceptors (Lipinski definition) is 5. The molecule has 1 fully saturated rings. The van der Waals surface area contributed by atoms with Gasteiger partial charge in [0.1, 0.15) is 5.82 Å². The van der Waals surface area contributed by atoms with E-state index in [0.717, 1.165) is 19.3 Å². The second kappa shape index (κ2) is 10.6. The van der Waals surface area contributed by atoms with Crippen LogP contribution < -0.4 is 5.32 Å². The van der Waals surface area contributed by atoms with Gasteiger partial charge in [-0.2, -0.15) is 4.31 Å². The molecule has 1 saturated heterocycles. The largest absolute Gasteiger partial charge is 0.449 e. The van der Waals surface area contributed by atoms with Crippen molar-refractivity contribution in [3.8, 4) is 0 Å². The fraction of sp³-hybridized carbons (Fsp3) is 0.391. The first-order valence-electron chi connectivity index (χ1n) is 10.7. The lowest BCUT2D eigenvalue weighted by molar-refractivity contribution is -0.129. The molecule has 2 aromatic carbocycles. The van der Waals surface area contributed by atoms with E-state index in [1.54, 1.807) is 19.1 Å². The zero-order valence-electron chi connectivity index (χ0n) is 18.4. The van der Waals surface area contributed by atoms with Gasteiger partial charge in [0.25, 0.3) is 5.91 Å². The Kier molecular flexibility index (Phi) is 8.10. The summed E-state index contributed by atoms with van der Waals surface area (Å²) in [5.74, 6) is -1.86. The summed E-state index contributed by atoms with van der Waals surface area (Å²) < 4.78 is 45.6. The van der Waals surface area contributed by atoms with E-state index in [9.17, 15) is 22.4 Å². The number of amides is 1. The summed E-state index contributed by atoms with van der Waals surface area (Å²) in [4.78, 5) is 25.1. The first kappa shape index (κ1) is 25.1. The monoisotopic (exact) mass is 496 g/mol. The van der Waals surface area contributed by atoms with Crippen molar-refractivity contribution >= 4 is 33.5 Å². The van der Waals surface area contributed by atoms with Gasteiger partial charge in [0.05, 0.1) is 21.5 Å². The van der Waals surface area contributed by atoms with Gasteiger partial charge in [-0.15, -0.1) is 0 Å². The van der Waals surface area contributed by atoms with Crippen LogP contribution in [0.25, 0.3) is 0 Å². The van der Waals surface area contributed by atoms with Crippen molar-refractivity contribution in [3.05, 3.63) is 64.4 Å². The van der Waals surface area contributed by atoms with Gasteiger partial charge in [-0.05, 0) is 62.6 Å². The number of carbonyl (C=O) groups is 2. The van der Waals surface area contributed by atoms with Gasteiger partial charge < -0.3 is 10.1 Å². The normalized spacial score (nSPS) is 16.6. The Hall–Kier alpha value is -2.49. The van der Waals surface area contributed by atoms with Crippen LogP contribution >= 0.6 is 11.6 Å². The first-order valence-corrected chi connectivity index (χ1v) is 12.5. The molecule has 0 radical (unpaired) electrons. The number of nitrogens with zero attached hydrogens (tertiary/aromatic N) is 1. The van der Waals surface area contributed by atoms with Crippen LogP contribution in [0.3, 0.4) is 0 Å². The maximum Gasteiger partial charge on any atom is 0.340 e. The van der Waals surface area contributed by atoms with Crippen LogP contribution in [0, 0.1) is 5.82 Å². The summed E-state index contributed by atoms with van der Waals surface area (Å²) in [6.45, 7) is 3.96. The molecule has 3 rings (SSSR count). The molecule has 0 saturated carbocycles. The molecule has 2 aromatic rings. The zero-order chi connectivity index (χ0) is 24.2. The van der Waals surface area contributed by atoms with Crippen molar-refractivity contribution in [2.45, 2.75) is 50.2 Å². The van der Waals surface area contributed by atoms with Crippen molar-refractivity contribution in [1.29, 1.82) is 0 Å². The smallest absolute Gasteiger partial charge is 0.340 e. The van der Waals surface area contributed by atoms with E-state index >= 15 is 0 Å². The molecular formula is C23H26ClFN2O5S. The molecule has 0 spiro atoms. The standard InChI is InChI=1S/C23H26ClFN2O5S/c1-15(17-6-8-18(25)9-7-17)26-22(28)16(2)32-23(29)20-14-19(10-11-21(20)24)33(30,31)27-12-4-3-5-13-27/h6-11,14-16H,3-5,12-13H2,1-2H3,(H,26,28). The third-order valence-corrected chi connectivity index (χ3v) is 7.72. The van der Waals surface area contributed by atoms with Gasteiger partial charge in [-0.3, -0.25) is 4.79 Å². The van der Waals surface area contributed by atoms with E-state index in [1.165, 1.54) is 41.6 Å². The van der Waals surface area contributed by atoms with Crippen LogP contribution in [0.1, 0.15) is 55.1 Å². The third-order valence-electron chi connectivity index (χ3n) is 5.49. The minimum atomic E-state index is -3.77. The van der Waals surface area contributed by atoms with Crippen molar-refractivity contribution < 1.29 is 27.1 Å². The maximum atomic E-state index is 13.1. The van der Waals surface area contributed by atoms with Crippen molar-refractivity contribution in [1.82, 2.24) is 9.62 Å². The Labute approximate surface area is 197 Å². The van der Waals surface area contributed by atoms with Crippen molar-refractivity contribution in [2.75, 3.05) is 13.1 Å². The zero-order valence-corrected chi connectivity index (χ0v) is 20.0. The number of benzene rings is 2. The Balaban J connectivity index is 1.69. The van der Waals surface area contributed by atoms with E-state index in [-0.39, 0.29) is 21.3 Å². The van der Waals surface area contributed by atoms with E-state index in [1.807, 2.05) is 0 Å². The molecule has 0 aromatic heterocycles. The molecule has 7 nitrogen and oxygen atoms in total. The van der Waals surface area contributed by atoms with Crippen LogP contribution in [0.15, 0.2) is 47.4 Å². The molecule has 1 N–H and O–H groups in total. The van der Waals surface area contributed by atoms with Crippen LogP contribution in [0.4, 0.5) is 4.39 Å². The minimum Gasteiger partial charge on any atom is -0.449 e.